The van der Waals surface area contributed by atoms with Crippen LogP contribution < -0.4 is 4.90 Å². The number of hydrogen-bond acceptors (Lipinski definition) is 1. The minimum absolute atomic E-state index is 0.163. The van der Waals surface area contributed by atoms with Crippen molar-refractivity contribution in [3.05, 3.63) is 187 Å². The summed E-state index contributed by atoms with van der Waals surface area (Å²) >= 11 is 0. The van der Waals surface area contributed by atoms with Gasteiger partial charge in [0.05, 0.1) is 11.4 Å². The second kappa shape index (κ2) is 11.1. The SMILES string of the molecule is CC1(C)c2cc(-c3ccc(-c4ccccc4)cc3)ccc2-c2ccc(N(c3cccc4ccccc34)c3cccc4ccccc34)cc21. The quantitative estimate of drug-likeness (QED) is 0.187. The Bertz CT molecular complexity index is 2380. The average Bonchev–Trinajstić information content (AvgIpc) is 3.37. The highest BCUT2D eigenvalue weighted by Gasteiger charge is 2.36. The Morgan fingerprint density at radius 2 is 0.833 bits per heavy atom. The van der Waals surface area contributed by atoms with E-state index in [0.29, 0.717) is 0 Å². The van der Waals surface area contributed by atoms with Gasteiger partial charge in [-0.25, -0.2) is 0 Å². The first-order chi connectivity index (χ1) is 23.6. The zero-order valence-corrected chi connectivity index (χ0v) is 27.2. The number of nitrogens with zero attached hydrogens (tertiary/aromatic N) is 1. The van der Waals surface area contributed by atoms with E-state index in [-0.39, 0.29) is 5.41 Å². The van der Waals surface area contributed by atoms with E-state index >= 15 is 0 Å². The number of hydrogen-bond donors (Lipinski definition) is 0. The molecule has 0 bridgehead atoms. The van der Waals surface area contributed by atoms with E-state index in [0.717, 1.165) is 0 Å². The number of anilines is 3. The van der Waals surface area contributed by atoms with Gasteiger partial charge in [-0.2, -0.15) is 0 Å². The highest BCUT2D eigenvalue weighted by molar-refractivity contribution is 6.05. The molecule has 0 spiro atoms. The lowest BCUT2D eigenvalue weighted by Crippen LogP contribution is -2.17. The summed E-state index contributed by atoms with van der Waals surface area (Å²) in [5.74, 6) is 0. The van der Waals surface area contributed by atoms with Crippen LogP contribution in [-0.4, -0.2) is 0 Å². The van der Waals surface area contributed by atoms with Crippen LogP contribution in [0.25, 0.3) is 54.9 Å². The van der Waals surface area contributed by atoms with Crippen molar-refractivity contribution in [2.24, 2.45) is 0 Å². The Labute approximate surface area is 282 Å². The van der Waals surface area contributed by atoms with E-state index in [4.69, 9.17) is 0 Å². The molecule has 1 aliphatic carbocycles. The van der Waals surface area contributed by atoms with Gasteiger partial charge in [0.25, 0.3) is 0 Å². The Balaban J connectivity index is 1.17. The first-order valence-corrected chi connectivity index (χ1v) is 16.8. The van der Waals surface area contributed by atoms with Crippen molar-refractivity contribution in [3.63, 3.8) is 0 Å². The van der Waals surface area contributed by atoms with Crippen LogP contribution in [0, 0.1) is 0 Å². The fourth-order valence-corrected chi connectivity index (χ4v) is 7.74. The van der Waals surface area contributed by atoms with Crippen LogP contribution in [0.4, 0.5) is 17.1 Å². The molecule has 0 aromatic heterocycles. The number of rotatable bonds is 5. The normalized spacial score (nSPS) is 13.0. The molecule has 1 heteroatoms. The minimum Gasteiger partial charge on any atom is -0.309 e. The topological polar surface area (TPSA) is 3.24 Å². The Morgan fingerprint density at radius 1 is 0.375 bits per heavy atom. The molecule has 48 heavy (non-hydrogen) atoms. The lowest BCUT2D eigenvalue weighted by atomic mass is 9.81. The molecule has 228 valence electrons. The monoisotopic (exact) mass is 613 g/mol. The summed E-state index contributed by atoms with van der Waals surface area (Å²) in [7, 11) is 0. The van der Waals surface area contributed by atoms with Crippen LogP contribution in [-0.2, 0) is 5.41 Å². The maximum Gasteiger partial charge on any atom is 0.0540 e. The number of fused-ring (bicyclic) bond motifs is 5. The lowest BCUT2D eigenvalue weighted by molar-refractivity contribution is 0.660. The van der Waals surface area contributed by atoms with Gasteiger partial charge in [-0.3, -0.25) is 0 Å². The maximum absolute atomic E-state index is 2.46. The summed E-state index contributed by atoms with van der Waals surface area (Å²) in [6, 6.07) is 64.4. The summed E-state index contributed by atoms with van der Waals surface area (Å²) in [5.41, 5.74) is 13.7. The molecule has 0 unspecified atom stereocenters. The Kier molecular flexibility index (Phi) is 6.55. The van der Waals surface area contributed by atoms with E-state index in [9.17, 15) is 0 Å². The van der Waals surface area contributed by atoms with Crippen LogP contribution in [0.1, 0.15) is 25.0 Å². The Morgan fingerprint density at radius 3 is 1.46 bits per heavy atom. The fourth-order valence-electron chi connectivity index (χ4n) is 7.74. The molecule has 0 heterocycles. The summed E-state index contributed by atoms with van der Waals surface area (Å²) in [6.45, 7) is 4.76. The van der Waals surface area contributed by atoms with Crippen LogP contribution in [0.15, 0.2) is 176 Å². The largest absolute Gasteiger partial charge is 0.309 e. The van der Waals surface area contributed by atoms with Crippen molar-refractivity contribution < 1.29 is 0 Å². The van der Waals surface area contributed by atoms with E-state index in [2.05, 4.69) is 195 Å². The zero-order chi connectivity index (χ0) is 32.2. The molecule has 0 saturated heterocycles. The van der Waals surface area contributed by atoms with Gasteiger partial charge in [-0.1, -0.05) is 159 Å². The molecular formula is C47H35N. The molecule has 0 saturated carbocycles. The standard InChI is InChI=1S/C47H35N/c1-47(2)43-30-37(34-24-22-33(23-25-34)32-12-4-3-5-13-32)26-28-41(43)42-29-27-38(31-44(42)47)48(45-20-10-16-35-14-6-8-18-39(35)45)46-21-11-17-36-15-7-9-19-40(36)46/h3-31H,1-2H3. The van der Waals surface area contributed by atoms with Crippen LogP contribution in [0.3, 0.4) is 0 Å². The molecule has 8 aromatic rings. The molecule has 0 atom stereocenters. The molecule has 8 aromatic carbocycles. The molecule has 0 radical (unpaired) electrons. The highest BCUT2D eigenvalue weighted by atomic mass is 15.1. The van der Waals surface area contributed by atoms with Gasteiger partial charge in [-0.15, -0.1) is 0 Å². The van der Waals surface area contributed by atoms with Crippen molar-refractivity contribution in [2.75, 3.05) is 4.90 Å². The molecule has 0 amide bonds. The first-order valence-electron chi connectivity index (χ1n) is 16.8. The van der Waals surface area contributed by atoms with E-state index in [1.165, 1.54) is 83.1 Å². The first kappa shape index (κ1) is 28.3. The van der Waals surface area contributed by atoms with Crippen molar-refractivity contribution in [3.8, 4) is 33.4 Å². The minimum atomic E-state index is -0.163. The van der Waals surface area contributed by atoms with Crippen molar-refractivity contribution in [2.45, 2.75) is 19.3 Å². The van der Waals surface area contributed by atoms with Gasteiger partial charge < -0.3 is 4.90 Å². The maximum atomic E-state index is 2.46. The summed E-state index contributed by atoms with van der Waals surface area (Å²) < 4.78 is 0. The smallest absolute Gasteiger partial charge is 0.0540 e. The van der Waals surface area contributed by atoms with Gasteiger partial charge in [0.15, 0.2) is 0 Å². The van der Waals surface area contributed by atoms with Gasteiger partial charge in [-0.05, 0) is 85.6 Å². The second-order valence-electron chi connectivity index (χ2n) is 13.4. The fraction of sp³-hybridized carbons (Fsp3) is 0.0638. The molecule has 0 fully saturated rings. The predicted octanol–water partition coefficient (Wildman–Crippen LogP) is 13.1. The molecular weight excluding hydrogens is 579 g/mol. The van der Waals surface area contributed by atoms with Crippen molar-refractivity contribution >= 4 is 38.6 Å². The third-order valence-corrected chi connectivity index (χ3v) is 10.3. The average molecular weight is 614 g/mol. The summed E-state index contributed by atoms with van der Waals surface area (Å²) in [5, 5.41) is 4.94. The van der Waals surface area contributed by atoms with Crippen LogP contribution >= 0.6 is 0 Å². The van der Waals surface area contributed by atoms with E-state index < -0.39 is 0 Å². The van der Waals surface area contributed by atoms with Crippen molar-refractivity contribution in [1.29, 1.82) is 0 Å². The van der Waals surface area contributed by atoms with E-state index in [1.54, 1.807) is 0 Å². The highest BCUT2D eigenvalue weighted by Crippen LogP contribution is 2.52. The Hall–Kier alpha value is -5.92. The van der Waals surface area contributed by atoms with Crippen molar-refractivity contribution in [1.82, 2.24) is 0 Å². The lowest BCUT2D eigenvalue weighted by Gasteiger charge is -2.30. The second-order valence-corrected chi connectivity index (χ2v) is 13.4. The predicted molar refractivity (Wildman–Crippen MR) is 205 cm³/mol. The summed E-state index contributed by atoms with van der Waals surface area (Å²) in [6.07, 6.45) is 0. The molecule has 1 nitrogen and oxygen atoms in total. The molecule has 0 aliphatic heterocycles. The van der Waals surface area contributed by atoms with Gasteiger partial charge in [0.1, 0.15) is 0 Å². The third-order valence-electron chi connectivity index (χ3n) is 10.3. The molecule has 9 rings (SSSR count). The van der Waals surface area contributed by atoms with Crippen LogP contribution in [0.2, 0.25) is 0 Å². The molecule has 1 aliphatic rings. The number of benzene rings is 8. The van der Waals surface area contributed by atoms with Crippen LogP contribution in [0.5, 0.6) is 0 Å². The summed E-state index contributed by atoms with van der Waals surface area (Å²) in [4.78, 5) is 2.46. The zero-order valence-electron chi connectivity index (χ0n) is 27.2. The third kappa shape index (κ3) is 4.54. The van der Waals surface area contributed by atoms with E-state index in [1.807, 2.05) is 0 Å². The van der Waals surface area contributed by atoms with Gasteiger partial charge >= 0.3 is 0 Å². The van der Waals surface area contributed by atoms with Gasteiger partial charge in [0, 0.05) is 21.9 Å². The molecule has 0 N–H and O–H groups in total. The van der Waals surface area contributed by atoms with Gasteiger partial charge in [0.2, 0.25) is 0 Å².